The number of sulfonamides is 1. The number of halogens is 2. The second-order valence-corrected chi connectivity index (χ2v) is 8.83. The largest absolute Gasteiger partial charge is 0.433 e. The Balaban J connectivity index is 1.49. The molecule has 1 aliphatic carbocycles. The van der Waals surface area contributed by atoms with E-state index in [1.165, 1.54) is 23.8 Å². The first-order valence-electron chi connectivity index (χ1n) is 9.80. The number of carbonyl (C=O) groups is 1. The van der Waals surface area contributed by atoms with E-state index >= 15 is 0 Å². The number of fused-ring (bicyclic) bond motifs is 1. The van der Waals surface area contributed by atoms with Gasteiger partial charge in [0, 0.05) is 13.0 Å². The molecule has 2 N–H and O–H groups in total. The zero-order valence-electron chi connectivity index (χ0n) is 16.4. The quantitative estimate of drug-likeness (QED) is 0.582. The number of ether oxygens (including phenoxy) is 1. The van der Waals surface area contributed by atoms with Gasteiger partial charge in [-0.2, -0.15) is 8.78 Å². The topological polar surface area (TPSA) is 84.5 Å². The Hall–Kier alpha value is -2.52. The van der Waals surface area contributed by atoms with Gasteiger partial charge in [0.05, 0.1) is 10.6 Å². The molecule has 0 atom stereocenters. The molecule has 162 valence electrons. The molecule has 0 aromatic heterocycles. The molecule has 0 spiro atoms. The summed E-state index contributed by atoms with van der Waals surface area (Å²) in [7, 11) is -3.66. The molecule has 30 heavy (non-hydrogen) atoms. The van der Waals surface area contributed by atoms with Gasteiger partial charge >= 0.3 is 6.61 Å². The summed E-state index contributed by atoms with van der Waals surface area (Å²) in [5.74, 6) is -0.553. The van der Waals surface area contributed by atoms with Crippen molar-refractivity contribution in [3.05, 3.63) is 53.6 Å². The number of amides is 1. The number of anilines is 1. The summed E-state index contributed by atoms with van der Waals surface area (Å²) >= 11 is 0. The minimum atomic E-state index is -3.66. The van der Waals surface area contributed by atoms with Gasteiger partial charge < -0.3 is 10.1 Å². The van der Waals surface area contributed by atoms with Crippen LogP contribution in [0.15, 0.2) is 47.4 Å². The highest BCUT2D eigenvalue weighted by Gasteiger charge is 2.18. The molecular weight excluding hydrogens is 414 g/mol. The number of aryl methyl sites for hydroxylation is 2. The zero-order chi connectivity index (χ0) is 21.6. The SMILES string of the molecule is O=C(CCCNS(=O)(=O)c1ccc2c(c1)CCCC2)Nc1ccccc1OC(F)F. The van der Waals surface area contributed by atoms with Crippen LogP contribution >= 0.6 is 0 Å². The lowest BCUT2D eigenvalue weighted by molar-refractivity contribution is -0.116. The van der Waals surface area contributed by atoms with Crippen molar-refractivity contribution in [2.45, 2.75) is 50.0 Å². The summed E-state index contributed by atoms with van der Waals surface area (Å²) in [4.78, 5) is 12.3. The van der Waals surface area contributed by atoms with Crippen LogP contribution in [-0.4, -0.2) is 27.5 Å². The molecule has 3 rings (SSSR count). The molecule has 2 aromatic rings. The van der Waals surface area contributed by atoms with Crippen LogP contribution in [-0.2, 0) is 27.7 Å². The smallest absolute Gasteiger partial charge is 0.387 e. The summed E-state index contributed by atoms with van der Waals surface area (Å²) in [5, 5.41) is 2.50. The number of alkyl halides is 2. The molecule has 6 nitrogen and oxygen atoms in total. The van der Waals surface area contributed by atoms with E-state index in [0.717, 1.165) is 31.2 Å². The van der Waals surface area contributed by atoms with Crippen LogP contribution in [0.3, 0.4) is 0 Å². The van der Waals surface area contributed by atoms with Crippen molar-refractivity contribution in [1.82, 2.24) is 4.72 Å². The Morgan fingerprint density at radius 2 is 1.80 bits per heavy atom. The lowest BCUT2D eigenvalue weighted by atomic mass is 9.92. The Morgan fingerprint density at radius 3 is 2.57 bits per heavy atom. The highest BCUT2D eigenvalue weighted by atomic mass is 32.2. The van der Waals surface area contributed by atoms with E-state index in [-0.39, 0.29) is 35.7 Å². The van der Waals surface area contributed by atoms with Crippen molar-refractivity contribution >= 4 is 21.6 Å². The van der Waals surface area contributed by atoms with Crippen LogP contribution in [0.2, 0.25) is 0 Å². The minimum absolute atomic E-state index is 0.0235. The van der Waals surface area contributed by atoms with Crippen LogP contribution in [0.1, 0.15) is 36.8 Å². The maximum atomic E-state index is 12.5. The van der Waals surface area contributed by atoms with E-state index in [4.69, 9.17) is 0 Å². The summed E-state index contributed by atoms with van der Waals surface area (Å²) in [6.45, 7) is -2.91. The standard InChI is InChI=1S/C21H24F2N2O4S/c22-21(23)29-19-9-4-3-8-18(19)25-20(26)10-5-13-24-30(27,28)17-12-11-15-6-1-2-7-16(15)14-17/h3-4,8-9,11-12,14,21,24H,1-2,5-7,10,13H2,(H,25,26). The molecule has 0 fully saturated rings. The number of hydrogen-bond donors (Lipinski definition) is 2. The number of nitrogens with one attached hydrogen (secondary N) is 2. The third kappa shape index (κ3) is 5.99. The van der Waals surface area contributed by atoms with E-state index in [0.29, 0.717) is 0 Å². The molecule has 2 aromatic carbocycles. The fourth-order valence-corrected chi connectivity index (χ4v) is 4.52. The first-order valence-corrected chi connectivity index (χ1v) is 11.3. The number of para-hydroxylation sites is 2. The van der Waals surface area contributed by atoms with Crippen LogP contribution < -0.4 is 14.8 Å². The highest BCUT2D eigenvalue weighted by Crippen LogP contribution is 2.26. The lowest BCUT2D eigenvalue weighted by Crippen LogP contribution is -2.26. The predicted molar refractivity (Wildman–Crippen MR) is 109 cm³/mol. The predicted octanol–water partition coefficient (Wildman–Crippen LogP) is 3.86. The molecule has 0 saturated heterocycles. The minimum Gasteiger partial charge on any atom is -0.433 e. The lowest BCUT2D eigenvalue weighted by Gasteiger charge is -2.16. The van der Waals surface area contributed by atoms with Crippen molar-refractivity contribution in [3.8, 4) is 5.75 Å². The first kappa shape index (κ1) is 22.2. The van der Waals surface area contributed by atoms with E-state index in [1.807, 2.05) is 6.07 Å². The van der Waals surface area contributed by atoms with Gasteiger partial charge in [-0.25, -0.2) is 13.1 Å². The van der Waals surface area contributed by atoms with Gasteiger partial charge in [0.15, 0.2) is 0 Å². The molecule has 1 amide bonds. The van der Waals surface area contributed by atoms with Gasteiger partial charge in [0.25, 0.3) is 0 Å². The zero-order valence-corrected chi connectivity index (χ0v) is 17.2. The third-order valence-corrected chi connectivity index (χ3v) is 6.34. The molecule has 0 radical (unpaired) electrons. The first-order chi connectivity index (χ1) is 14.3. The van der Waals surface area contributed by atoms with Crippen molar-refractivity contribution in [2.24, 2.45) is 0 Å². The van der Waals surface area contributed by atoms with Crippen molar-refractivity contribution < 1.29 is 26.7 Å². The normalized spacial score (nSPS) is 13.7. The Kier molecular flexibility index (Phi) is 7.38. The second kappa shape index (κ2) is 9.99. The maximum Gasteiger partial charge on any atom is 0.387 e. The van der Waals surface area contributed by atoms with Crippen LogP contribution in [0.25, 0.3) is 0 Å². The van der Waals surface area contributed by atoms with Crippen molar-refractivity contribution in [2.75, 3.05) is 11.9 Å². The highest BCUT2D eigenvalue weighted by molar-refractivity contribution is 7.89. The second-order valence-electron chi connectivity index (χ2n) is 7.06. The van der Waals surface area contributed by atoms with Gasteiger partial charge in [-0.05, 0) is 67.5 Å². The fraction of sp³-hybridized carbons (Fsp3) is 0.381. The molecule has 1 aliphatic rings. The van der Waals surface area contributed by atoms with Crippen LogP contribution in [0.5, 0.6) is 5.75 Å². The third-order valence-electron chi connectivity index (χ3n) is 4.88. The molecule has 0 bridgehead atoms. The van der Waals surface area contributed by atoms with Crippen LogP contribution in [0.4, 0.5) is 14.5 Å². The van der Waals surface area contributed by atoms with E-state index in [9.17, 15) is 22.0 Å². The molecule has 0 heterocycles. The van der Waals surface area contributed by atoms with Gasteiger partial charge in [0.2, 0.25) is 15.9 Å². The Labute approximate surface area is 174 Å². The van der Waals surface area contributed by atoms with E-state index in [1.54, 1.807) is 18.2 Å². The number of hydrogen-bond acceptors (Lipinski definition) is 4. The summed E-state index contributed by atoms with van der Waals surface area (Å²) in [5.41, 5.74) is 2.42. The molecule has 9 heteroatoms. The maximum absolute atomic E-state index is 12.5. The number of carbonyl (C=O) groups excluding carboxylic acids is 1. The molecule has 0 saturated carbocycles. The summed E-state index contributed by atoms with van der Waals surface area (Å²) < 4.78 is 56.7. The van der Waals surface area contributed by atoms with Gasteiger partial charge in [-0.1, -0.05) is 18.2 Å². The van der Waals surface area contributed by atoms with Crippen LogP contribution in [0, 0.1) is 0 Å². The molecular formula is C21H24F2N2O4S. The molecule has 0 unspecified atom stereocenters. The summed E-state index contributed by atoms with van der Waals surface area (Å²) in [6.07, 6.45) is 4.32. The number of rotatable bonds is 9. The van der Waals surface area contributed by atoms with Crippen molar-refractivity contribution in [1.29, 1.82) is 0 Å². The fourth-order valence-electron chi connectivity index (χ4n) is 3.40. The summed E-state index contributed by atoms with van der Waals surface area (Å²) in [6, 6.07) is 11.1. The van der Waals surface area contributed by atoms with E-state index < -0.39 is 22.5 Å². The average molecular weight is 438 g/mol. The number of benzene rings is 2. The van der Waals surface area contributed by atoms with Gasteiger partial charge in [-0.15, -0.1) is 0 Å². The van der Waals surface area contributed by atoms with Crippen molar-refractivity contribution in [3.63, 3.8) is 0 Å². The van der Waals surface area contributed by atoms with Gasteiger partial charge in [0.1, 0.15) is 5.75 Å². The Bertz CT molecular complexity index is 996. The average Bonchev–Trinajstić information content (AvgIpc) is 2.72. The molecule has 0 aliphatic heterocycles. The van der Waals surface area contributed by atoms with Gasteiger partial charge in [-0.3, -0.25) is 4.79 Å². The monoisotopic (exact) mass is 438 g/mol. The van der Waals surface area contributed by atoms with E-state index in [2.05, 4.69) is 14.8 Å². The Morgan fingerprint density at radius 1 is 1.07 bits per heavy atom.